The number of aromatic nitrogens is 2. The third-order valence-electron chi connectivity index (χ3n) is 6.49. The third kappa shape index (κ3) is 4.64. The largest absolute Gasteiger partial charge is 0.355 e. The Balaban J connectivity index is 1.26. The number of carbonyl (C=O) groups excluding carboxylic acids is 1. The summed E-state index contributed by atoms with van der Waals surface area (Å²) < 4.78 is 0. The Morgan fingerprint density at radius 2 is 1.97 bits per heavy atom. The van der Waals surface area contributed by atoms with Gasteiger partial charge in [0.05, 0.1) is 0 Å². The van der Waals surface area contributed by atoms with Crippen LogP contribution in [-0.2, 0) is 30.6 Å². The lowest BCUT2D eigenvalue weighted by molar-refractivity contribution is -0.125. The highest BCUT2D eigenvalue weighted by atomic mass is 16.1. The van der Waals surface area contributed by atoms with Crippen molar-refractivity contribution in [2.75, 3.05) is 37.6 Å². The number of carbonyl (C=O) groups is 1. The lowest BCUT2D eigenvalue weighted by Gasteiger charge is -2.29. The van der Waals surface area contributed by atoms with Gasteiger partial charge in [0.25, 0.3) is 0 Å². The first kappa shape index (κ1) is 20.8. The lowest BCUT2D eigenvalue weighted by atomic mass is 9.86. The second-order valence-corrected chi connectivity index (χ2v) is 8.34. The summed E-state index contributed by atoms with van der Waals surface area (Å²) >= 11 is 0. The van der Waals surface area contributed by atoms with Crippen LogP contribution in [0.3, 0.4) is 0 Å². The molecule has 0 radical (unpaired) electrons. The molecule has 2 heterocycles. The predicted octanol–water partition coefficient (Wildman–Crippen LogP) is 2.60. The van der Waals surface area contributed by atoms with Crippen molar-refractivity contribution in [1.29, 1.82) is 0 Å². The number of amides is 1. The summed E-state index contributed by atoms with van der Waals surface area (Å²) in [5.74, 6) is 1.01. The Kier molecular flexibility index (Phi) is 6.62. The van der Waals surface area contributed by atoms with Gasteiger partial charge in [0.2, 0.25) is 11.9 Å². The molecule has 30 heavy (non-hydrogen) atoms. The van der Waals surface area contributed by atoms with Crippen LogP contribution < -0.4 is 10.2 Å². The van der Waals surface area contributed by atoms with Crippen LogP contribution in [0.1, 0.15) is 42.7 Å². The molecule has 6 heteroatoms. The molecule has 1 aliphatic carbocycles. The van der Waals surface area contributed by atoms with E-state index in [2.05, 4.69) is 58.2 Å². The molecule has 1 aromatic heterocycles. The lowest BCUT2D eigenvalue weighted by Crippen LogP contribution is -2.40. The standard InChI is InChI=1S/C24H33N5O/c1-3-29(4-2)24-26-16-21-15-19(9-10-22(21)27-24)23(30)25-12-14-28-13-11-18-7-5-6-8-20(18)17-28/h5-8,16,19H,3-4,9-15,17H2,1-2H3,(H,25,30). The van der Waals surface area contributed by atoms with Crippen LogP contribution in [0, 0.1) is 5.92 Å². The quantitative estimate of drug-likeness (QED) is 0.765. The number of nitrogens with one attached hydrogen (secondary N) is 1. The fourth-order valence-electron chi connectivity index (χ4n) is 4.61. The van der Waals surface area contributed by atoms with Gasteiger partial charge in [0.1, 0.15) is 0 Å². The Hall–Kier alpha value is -2.47. The number of hydrogen-bond donors (Lipinski definition) is 1. The molecule has 0 bridgehead atoms. The first-order valence-electron chi connectivity index (χ1n) is 11.3. The van der Waals surface area contributed by atoms with Crippen LogP contribution in [0.5, 0.6) is 0 Å². The van der Waals surface area contributed by atoms with Crippen LogP contribution in [0.4, 0.5) is 5.95 Å². The molecule has 160 valence electrons. The van der Waals surface area contributed by atoms with Gasteiger partial charge in [-0.2, -0.15) is 0 Å². The van der Waals surface area contributed by atoms with Crippen molar-refractivity contribution in [2.24, 2.45) is 5.92 Å². The van der Waals surface area contributed by atoms with Gasteiger partial charge >= 0.3 is 0 Å². The minimum atomic E-state index is 0.0301. The Labute approximate surface area is 179 Å². The van der Waals surface area contributed by atoms with Gasteiger partial charge in [-0.25, -0.2) is 9.97 Å². The van der Waals surface area contributed by atoms with Crippen molar-refractivity contribution in [3.63, 3.8) is 0 Å². The Morgan fingerprint density at radius 1 is 1.17 bits per heavy atom. The van der Waals surface area contributed by atoms with E-state index in [4.69, 9.17) is 4.98 Å². The maximum atomic E-state index is 12.7. The molecule has 4 rings (SSSR count). The molecule has 0 spiro atoms. The Morgan fingerprint density at radius 3 is 2.77 bits per heavy atom. The number of nitrogens with zero attached hydrogens (tertiary/aromatic N) is 4. The molecule has 2 aromatic rings. The summed E-state index contributed by atoms with van der Waals surface area (Å²) in [6.45, 7) is 9.71. The molecule has 1 aromatic carbocycles. The van der Waals surface area contributed by atoms with Crippen molar-refractivity contribution in [3.05, 3.63) is 52.8 Å². The summed E-state index contributed by atoms with van der Waals surface area (Å²) in [7, 11) is 0. The summed E-state index contributed by atoms with van der Waals surface area (Å²) in [4.78, 5) is 26.6. The smallest absolute Gasteiger partial charge is 0.225 e. The van der Waals surface area contributed by atoms with Gasteiger partial charge in [0, 0.05) is 57.1 Å². The SMILES string of the molecule is CCN(CC)c1ncc2c(n1)CCC(C(=O)NCCN1CCc3ccccc3C1)C2. The zero-order chi connectivity index (χ0) is 20.9. The molecule has 1 unspecified atom stereocenters. The van der Waals surface area contributed by atoms with Crippen LogP contribution in [0.25, 0.3) is 0 Å². The molecule has 1 amide bonds. The van der Waals surface area contributed by atoms with Crippen LogP contribution in [0.15, 0.2) is 30.5 Å². The zero-order valence-corrected chi connectivity index (χ0v) is 18.2. The van der Waals surface area contributed by atoms with Gasteiger partial charge in [0.15, 0.2) is 0 Å². The monoisotopic (exact) mass is 407 g/mol. The van der Waals surface area contributed by atoms with E-state index in [-0.39, 0.29) is 11.8 Å². The molecule has 0 fully saturated rings. The number of anilines is 1. The number of benzene rings is 1. The van der Waals surface area contributed by atoms with E-state index in [0.29, 0.717) is 6.54 Å². The molecule has 2 aliphatic rings. The van der Waals surface area contributed by atoms with Gasteiger partial charge < -0.3 is 10.2 Å². The van der Waals surface area contributed by atoms with Gasteiger partial charge in [-0.1, -0.05) is 24.3 Å². The second-order valence-electron chi connectivity index (χ2n) is 8.34. The van der Waals surface area contributed by atoms with E-state index in [0.717, 1.165) is 75.6 Å². The van der Waals surface area contributed by atoms with Crippen molar-refractivity contribution >= 4 is 11.9 Å². The van der Waals surface area contributed by atoms with Gasteiger partial charge in [-0.3, -0.25) is 9.69 Å². The summed E-state index contributed by atoms with van der Waals surface area (Å²) in [5.41, 5.74) is 5.13. The molecule has 6 nitrogen and oxygen atoms in total. The van der Waals surface area contributed by atoms with Crippen LogP contribution in [-0.4, -0.2) is 53.5 Å². The highest BCUT2D eigenvalue weighted by Gasteiger charge is 2.26. The van der Waals surface area contributed by atoms with Gasteiger partial charge in [-0.15, -0.1) is 0 Å². The predicted molar refractivity (Wildman–Crippen MR) is 120 cm³/mol. The molecular weight excluding hydrogens is 374 g/mol. The van der Waals surface area contributed by atoms with E-state index in [9.17, 15) is 4.79 Å². The van der Waals surface area contributed by atoms with E-state index >= 15 is 0 Å². The number of hydrogen-bond acceptors (Lipinski definition) is 5. The minimum Gasteiger partial charge on any atom is -0.355 e. The van der Waals surface area contributed by atoms with E-state index in [1.807, 2.05) is 6.20 Å². The van der Waals surface area contributed by atoms with Crippen molar-refractivity contribution in [3.8, 4) is 0 Å². The molecular formula is C24H33N5O. The Bertz CT molecular complexity index is 880. The molecule has 1 N–H and O–H groups in total. The minimum absolute atomic E-state index is 0.0301. The maximum Gasteiger partial charge on any atom is 0.225 e. The van der Waals surface area contributed by atoms with Gasteiger partial charge in [-0.05, 0) is 56.2 Å². The summed E-state index contributed by atoms with van der Waals surface area (Å²) in [6, 6.07) is 8.67. The normalized spacial score (nSPS) is 18.4. The maximum absolute atomic E-state index is 12.7. The van der Waals surface area contributed by atoms with Crippen LogP contribution >= 0.6 is 0 Å². The number of fused-ring (bicyclic) bond motifs is 2. The average molecular weight is 408 g/mol. The molecule has 1 atom stereocenters. The fraction of sp³-hybridized carbons (Fsp3) is 0.542. The fourth-order valence-corrected chi connectivity index (χ4v) is 4.61. The first-order valence-corrected chi connectivity index (χ1v) is 11.3. The zero-order valence-electron chi connectivity index (χ0n) is 18.2. The van der Waals surface area contributed by atoms with Crippen molar-refractivity contribution in [2.45, 2.75) is 46.1 Å². The van der Waals surface area contributed by atoms with E-state index < -0.39 is 0 Å². The average Bonchev–Trinajstić information content (AvgIpc) is 2.79. The molecule has 0 saturated heterocycles. The van der Waals surface area contributed by atoms with E-state index in [1.54, 1.807) is 0 Å². The van der Waals surface area contributed by atoms with Crippen LogP contribution in [0.2, 0.25) is 0 Å². The first-order chi connectivity index (χ1) is 14.7. The highest BCUT2D eigenvalue weighted by Crippen LogP contribution is 2.25. The second kappa shape index (κ2) is 9.56. The van der Waals surface area contributed by atoms with Crippen molar-refractivity contribution < 1.29 is 4.79 Å². The highest BCUT2D eigenvalue weighted by molar-refractivity contribution is 5.79. The number of rotatable bonds is 7. The third-order valence-corrected chi connectivity index (χ3v) is 6.49. The van der Waals surface area contributed by atoms with E-state index in [1.165, 1.54) is 11.1 Å². The van der Waals surface area contributed by atoms with Crippen molar-refractivity contribution in [1.82, 2.24) is 20.2 Å². The molecule has 1 aliphatic heterocycles. The number of aryl methyl sites for hydroxylation is 1. The summed E-state index contributed by atoms with van der Waals surface area (Å²) in [5, 5.41) is 3.17. The summed E-state index contributed by atoms with van der Waals surface area (Å²) in [6.07, 6.45) is 5.49. The molecule has 0 saturated carbocycles. The topological polar surface area (TPSA) is 61.4 Å².